The van der Waals surface area contributed by atoms with Crippen LogP contribution in [0.1, 0.15) is 46.5 Å². The number of carbonyl (C=O) groups excluding carboxylic acids is 2. The van der Waals surface area contributed by atoms with Crippen molar-refractivity contribution in [3.63, 3.8) is 0 Å². The van der Waals surface area contributed by atoms with E-state index in [0.717, 1.165) is 11.6 Å². The zero-order valence-corrected chi connectivity index (χ0v) is 17.0. The predicted octanol–water partition coefficient (Wildman–Crippen LogP) is 4.57. The Morgan fingerprint density at radius 2 is 1.90 bits per heavy atom. The monoisotopic (exact) mass is 408 g/mol. The third kappa shape index (κ3) is 2.67. The minimum Gasteiger partial charge on any atom is -0.392 e. The molecule has 0 spiro atoms. The summed E-state index contributed by atoms with van der Waals surface area (Å²) in [6, 6.07) is 0. The topological polar surface area (TPSA) is 54.4 Å². The van der Waals surface area contributed by atoms with Gasteiger partial charge in [-0.25, -0.2) is 0 Å². The molecule has 0 bridgehead atoms. The van der Waals surface area contributed by atoms with Crippen LogP contribution in [0.15, 0.2) is 35.5 Å². The molecule has 29 heavy (non-hydrogen) atoms. The van der Waals surface area contributed by atoms with E-state index in [1.165, 1.54) is 13.0 Å². The van der Waals surface area contributed by atoms with Crippen molar-refractivity contribution in [2.75, 3.05) is 0 Å². The van der Waals surface area contributed by atoms with Gasteiger partial charge in [0.15, 0.2) is 5.78 Å². The Morgan fingerprint density at radius 3 is 2.48 bits per heavy atom. The number of aliphatic hydroxyl groups excluding tert-OH is 1. The molecule has 3 nitrogen and oxygen atoms in total. The van der Waals surface area contributed by atoms with E-state index in [4.69, 9.17) is 0 Å². The second-order valence-corrected chi connectivity index (χ2v) is 9.85. The quantitative estimate of drug-likeness (QED) is 0.647. The van der Waals surface area contributed by atoms with E-state index < -0.39 is 40.4 Å². The van der Waals surface area contributed by atoms with Crippen molar-refractivity contribution >= 4 is 11.6 Å². The first kappa shape index (κ1) is 20.6. The van der Waals surface area contributed by atoms with Gasteiger partial charge in [0.05, 0.1) is 11.7 Å². The van der Waals surface area contributed by atoms with Gasteiger partial charge < -0.3 is 5.11 Å². The predicted molar refractivity (Wildman–Crippen MR) is 102 cm³/mol. The molecule has 0 aromatic rings. The van der Waals surface area contributed by atoms with E-state index in [9.17, 15) is 27.9 Å². The van der Waals surface area contributed by atoms with Gasteiger partial charge in [-0.05, 0) is 61.0 Å². The fraction of sp³-hybridized carbons (Fsp3) is 0.652. The minimum absolute atomic E-state index is 0.0179. The number of hydrogen-bond donors (Lipinski definition) is 1. The van der Waals surface area contributed by atoms with Gasteiger partial charge in [-0.3, -0.25) is 9.59 Å². The van der Waals surface area contributed by atoms with Crippen molar-refractivity contribution in [1.29, 1.82) is 0 Å². The number of halogens is 3. The van der Waals surface area contributed by atoms with Gasteiger partial charge >= 0.3 is 6.18 Å². The normalized spacial score (nSPS) is 44.4. The van der Waals surface area contributed by atoms with Gasteiger partial charge in [0.25, 0.3) is 0 Å². The van der Waals surface area contributed by atoms with Crippen molar-refractivity contribution in [2.45, 2.75) is 58.7 Å². The van der Waals surface area contributed by atoms with Crippen LogP contribution in [-0.2, 0) is 9.59 Å². The SMILES string of the molecule is C=C1C[C@H]2[C@@H]3C=C(C(F)(F)F)C4=CC(=O)CC(O)[C@]4(C)[C@H]3CC[C@]2(C)[C@H]1C(C)=O. The summed E-state index contributed by atoms with van der Waals surface area (Å²) >= 11 is 0. The van der Waals surface area contributed by atoms with Crippen molar-refractivity contribution in [3.8, 4) is 0 Å². The van der Waals surface area contributed by atoms with Crippen LogP contribution in [0.4, 0.5) is 13.2 Å². The highest BCUT2D eigenvalue weighted by Gasteiger charge is 2.64. The van der Waals surface area contributed by atoms with Crippen LogP contribution >= 0.6 is 0 Å². The van der Waals surface area contributed by atoms with Crippen molar-refractivity contribution < 1.29 is 27.9 Å². The molecule has 7 atom stereocenters. The third-order valence-corrected chi connectivity index (χ3v) is 8.42. The fourth-order valence-corrected chi connectivity index (χ4v) is 7.14. The Balaban J connectivity index is 1.90. The van der Waals surface area contributed by atoms with E-state index in [-0.39, 0.29) is 35.5 Å². The molecule has 0 aromatic carbocycles. The number of Topliss-reactive ketones (excluding diaryl/α,β-unsaturated/α-hetero) is 1. The number of hydrogen-bond acceptors (Lipinski definition) is 3. The summed E-state index contributed by atoms with van der Waals surface area (Å²) in [6.45, 7) is 9.31. The lowest BCUT2D eigenvalue weighted by molar-refractivity contribution is -0.132. The number of rotatable bonds is 1. The molecule has 158 valence electrons. The first-order chi connectivity index (χ1) is 13.3. The average molecular weight is 408 g/mol. The number of fused-ring (bicyclic) bond motifs is 5. The standard InChI is InChI=1S/C23H27F3O3/c1-11-7-16-14-10-18(23(24,25)26)17-8-13(28)9-19(29)22(17,4)15(14)5-6-21(16,3)20(11)12(2)27/h8,10,14-16,19-20,29H,1,5-7,9H2,2-4H3/t14-,15+,16+,19?,20-,21+,22-/m1/s1. The fourth-order valence-electron chi connectivity index (χ4n) is 7.14. The Labute approximate surface area is 168 Å². The molecule has 4 rings (SSSR count). The van der Waals surface area contributed by atoms with E-state index in [2.05, 4.69) is 6.58 Å². The average Bonchev–Trinajstić information content (AvgIpc) is 2.85. The molecule has 6 heteroatoms. The maximum Gasteiger partial charge on any atom is 0.416 e. The molecule has 0 saturated heterocycles. The highest BCUT2D eigenvalue weighted by Crippen LogP contribution is 2.67. The number of allylic oxidation sites excluding steroid dienone is 4. The summed E-state index contributed by atoms with van der Waals surface area (Å²) in [7, 11) is 0. The molecule has 2 saturated carbocycles. The van der Waals surface area contributed by atoms with Crippen molar-refractivity contribution in [2.24, 2.45) is 34.5 Å². The number of carbonyl (C=O) groups is 2. The third-order valence-electron chi connectivity index (χ3n) is 8.42. The van der Waals surface area contributed by atoms with Gasteiger partial charge in [0.1, 0.15) is 5.78 Å². The zero-order valence-electron chi connectivity index (χ0n) is 17.0. The van der Waals surface area contributed by atoms with E-state index in [1.807, 2.05) is 6.92 Å². The molecule has 4 aliphatic rings. The largest absolute Gasteiger partial charge is 0.416 e. The van der Waals surface area contributed by atoms with Crippen LogP contribution in [-0.4, -0.2) is 29.0 Å². The van der Waals surface area contributed by atoms with Gasteiger partial charge in [0.2, 0.25) is 0 Å². The molecule has 0 aromatic heterocycles. The second-order valence-electron chi connectivity index (χ2n) is 9.85. The lowest BCUT2D eigenvalue weighted by atomic mass is 9.46. The van der Waals surface area contributed by atoms with Gasteiger partial charge in [-0.2, -0.15) is 13.2 Å². The summed E-state index contributed by atoms with van der Waals surface area (Å²) in [5.41, 5.74) is -1.62. The molecule has 0 heterocycles. The summed E-state index contributed by atoms with van der Waals surface area (Å²) in [5, 5.41) is 10.8. The van der Waals surface area contributed by atoms with E-state index in [1.54, 1.807) is 6.92 Å². The molecule has 2 fully saturated rings. The lowest BCUT2D eigenvalue weighted by Gasteiger charge is -2.58. The number of alkyl halides is 3. The van der Waals surface area contributed by atoms with Crippen LogP contribution in [0.2, 0.25) is 0 Å². The number of aliphatic hydroxyl groups is 1. The first-order valence-corrected chi connectivity index (χ1v) is 10.2. The molecule has 1 unspecified atom stereocenters. The van der Waals surface area contributed by atoms with E-state index in [0.29, 0.717) is 19.3 Å². The lowest BCUT2D eigenvalue weighted by Crippen LogP contribution is -2.55. The molecule has 0 aliphatic heterocycles. The summed E-state index contributed by atoms with van der Waals surface area (Å²) in [4.78, 5) is 24.4. The van der Waals surface area contributed by atoms with Gasteiger partial charge in [-0.1, -0.05) is 32.1 Å². The van der Waals surface area contributed by atoms with E-state index >= 15 is 0 Å². The van der Waals surface area contributed by atoms with Crippen LogP contribution in [0.25, 0.3) is 0 Å². The molecule has 0 radical (unpaired) electrons. The van der Waals surface area contributed by atoms with Crippen molar-refractivity contribution in [1.82, 2.24) is 0 Å². The van der Waals surface area contributed by atoms with Crippen molar-refractivity contribution in [3.05, 3.63) is 35.5 Å². The summed E-state index contributed by atoms with van der Waals surface area (Å²) < 4.78 is 42.1. The minimum atomic E-state index is -4.61. The first-order valence-electron chi connectivity index (χ1n) is 10.2. The van der Waals surface area contributed by atoms with Crippen LogP contribution in [0.3, 0.4) is 0 Å². The number of ketones is 2. The highest BCUT2D eigenvalue weighted by molar-refractivity contribution is 5.93. The Kier molecular flexibility index (Phi) is 4.37. The highest BCUT2D eigenvalue weighted by atomic mass is 19.4. The van der Waals surface area contributed by atoms with Crippen LogP contribution in [0, 0.1) is 34.5 Å². The molecule has 1 N–H and O–H groups in total. The Morgan fingerprint density at radius 1 is 1.24 bits per heavy atom. The van der Waals surface area contributed by atoms with Crippen LogP contribution in [0.5, 0.6) is 0 Å². The molecule has 4 aliphatic carbocycles. The Hall–Kier alpha value is -1.69. The summed E-state index contributed by atoms with van der Waals surface area (Å²) in [5.74, 6) is -1.55. The molecular formula is C23H27F3O3. The maximum absolute atomic E-state index is 14.0. The van der Waals surface area contributed by atoms with Gasteiger partial charge in [0, 0.05) is 17.8 Å². The smallest absolute Gasteiger partial charge is 0.392 e. The Bertz CT molecular complexity index is 867. The molecular weight excluding hydrogens is 381 g/mol. The second kappa shape index (κ2) is 6.16. The summed E-state index contributed by atoms with van der Waals surface area (Å²) in [6.07, 6.45) is -1.70. The molecule has 0 amide bonds. The zero-order chi connectivity index (χ0) is 21.5. The van der Waals surface area contributed by atoms with Crippen LogP contribution < -0.4 is 0 Å². The maximum atomic E-state index is 14.0. The van der Waals surface area contributed by atoms with Gasteiger partial charge in [-0.15, -0.1) is 0 Å².